The number of hydrogen-bond donors (Lipinski definition) is 1. The van der Waals surface area contributed by atoms with Crippen LogP contribution in [-0.4, -0.2) is 37.6 Å². The molecule has 1 spiro atoms. The first-order chi connectivity index (χ1) is 6.20. The van der Waals surface area contributed by atoms with Crippen LogP contribution in [0.25, 0.3) is 0 Å². The van der Waals surface area contributed by atoms with Gasteiger partial charge in [-0.1, -0.05) is 13.8 Å². The lowest BCUT2D eigenvalue weighted by Gasteiger charge is -2.25. The molecule has 13 heavy (non-hydrogen) atoms. The molecule has 0 radical (unpaired) electrons. The summed E-state index contributed by atoms with van der Waals surface area (Å²) >= 11 is 0. The van der Waals surface area contributed by atoms with E-state index in [4.69, 9.17) is 0 Å². The van der Waals surface area contributed by atoms with Crippen molar-refractivity contribution < 1.29 is 0 Å². The zero-order valence-electron chi connectivity index (χ0n) is 8.97. The molecular weight excluding hydrogens is 160 g/mol. The summed E-state index contributed by atoms with van der Waals surface area (Å²) in [5, 5.41) is 3.56. The summed E-state index contributed by atoms with van der Waals surface area (Å²) in [5.41, 5.74) is 0.686. The van der Waals surface area contributed by atoms with Crippen molar-refractivity contribution in [1.29, 1.82) is 0 Å². The van der Waals surface area contributed by atoms with Crippen LogP contribution in [0, 0.1) is 11.3 Å². The fourth-order valence-electron chi connectivity index (χ4n) is 2.38. The lowest BCUT2D eigenvalue weighted by atomic mass is 10.1. The third-order valence-electron chi connectivity index (χ3n) is 3.24. The summed E-state index contributed by atoms with van der Waals surface area (Å²) in [7, 11) is 0. The van der Waals surface area contributed by atoms with E-state index in [1.54, 1.807) is 0 Å². The monoisotopic (exact) mass is 182 g/mol. The summed E-state index contributed by atoms with van der Waals surface area (Å²) in [6, 6.07) is 0. The number of rotatable bonds is 2. The Morgan fingerprint density at radius 2 is 2.15 bits per heavy atom. The molecule has 0 aromatic carbocycles. The normalized spacial score (nSPS) is 27.9. The van der Waals surface area contributed by atoms with Crippen molar-refractivity contribution in [3.05, 3.63) is 0 Å². The molecule has 0 aromatic heterocycles. The maximum atomic E-state index is 3.56. The Morgan fingerprint density at radius 1 is 1.38 bits per heavy atom. The predicted octanol–water partition coefficient (Wildman–Crippen LogP) is 1.33. The largest absolute Gasteiger partial charge is 0.315 e. The summed E-state index contributed by atoms with van der Waals surface area (Å²) in [4.78, 5) is 2.65. The first kappa shape index (κ1) is 9.47. The van der Waals surface area contributed by atoms with Gasteiger partial charge in [-0.2, -0.15) is 0 Å². The number of nitrogens with zero attached hydrogens (tertiary/aromatic N) is 1. The Bertz CT molecular complexity index is 173. The van der Waals surface area contributed by atoms with E-state index in [0.717, 1.165) is 5.92 Å². The molecule has 1 N–H and O–H groups in total. The molecule has 0 amide bonds. The standard InChI is InChI=1S/C11H22N2/c1-10(2)7-13-6-5-12-8-11(9-13)3-4-11/h10,12H,3-9H2,1-2H3. The van der Waals surface area contributed by atoms with Gasteiger partial charge in [0.1, 0.15) is 0 Å². The van der Waals surface area contributed by atoms with Crippen LogP contribution >= 0.6 is 0 Å². The van der Waals surface area contributed by atoms with Crippen molar-refractivity contribution >= 4 is 0 Å². The molecule has 76 valence electrons. The molecule has 2 rings (SSSR count). The second kappa shape index (κ2) is 3.58. The minimum atomic E-state index is 0.686. The smallest absolute Gasteiger partial charge is 0.0107 e. The number of nitrogens with one attached hydrogen (secondary N) is 1. The number of hydrogen-bond acceptors (Lipinski definition) is 2. The second-order valence-electron chi connectivity index (χ2n) is 5.31. The maximum Gasteiger partial charge on any atom is 0.0107 e. The van der Waals surface area contributed by atoms with E-state index in [2.05, 4.69) is 24.1 Å². The lowest BCUT2D eigenvalue weighted by molar-refractivity contribution is 0.223. The Morgan fingerprint density at radius 3 is 2.77 bits per heavy atom. The fraction of sp³-hybridized carbons (Fsp3) is 1.00. The Hall–Kier alpha value is -0.0800. The zero-order valence-corrected chi connectivity index (χ0v) is 8.97. The highest BCUT2D eigenvalue weighted by Crippen LogP contribution is 2.46. The average molecular weight is 182 g/mol. The summed E-state index contributed by atoms with van der Waals surface area (Å²) < 4.78 is 0. The van der Waals surface area contributed by atoms with Gasteiger partial charge in [-0.25, -0.2) is 0 Å². The van der Waals surface area contributed by atoms with E-state index in [1.807, 2.05) is 0 Å². The van der Waals surface area contributed by atoms with E-state index < -0.39 is 0 Å². The SMILES string of the molecule is CC(C)CN1CCNCC2(CC2)C1. The van der Waals surface area contributed by atoms with Crippen LogP contribution in [0.15, 0.2) is 0 Å². The third-order valence-corrected chi connectivity index (χ3v) is 3.24. The summed E-state index contributed by atoms with van der Waals surface area (Å²) in [5.74, 6) is 0.814. The van der Waals surface area contributed by atoms with Gasteiger partial charge in [0.15, 0.2) is 0 Å². The topological polar surface area (TPSA) is 15.3 Å². The van der Waals surface area contributed by atoms with Crippen LogP contribution in [0.5, 0.6) is 0 Å². The van der Waals surface area contributed by atoms with Crippen LogP contribution in [0.4, 0.5) is 0 Å². The van der Waals surface area contributed by atoms with Crippen molar-refractivity contribution in [2.24, 2.45) is 11.3 Å². The van der Waals surface area contributed by atoms with Crippen LogP contribution in [-0.2, 0) is 0 Å². The molecule has 2 heteroatoms. The van der Waals surface area contributed by atoms with E-state index >= 15 is 0 Å². The molecule has 2 fully saturated rings. The van der Waals surface area contributed by atoms with E-state index in [1.165, 1.54) is 45.6 Å². The van der Waals surface area contributed by atoms with Crippen LogP contribution in [0.1, 0.15) is 26.7 Å². The molecule has 1 saturated heterocycles. The first-order valence-corrected chi connectivity index (χ1v) is 5.63. The van der Waals surface area contributed by atoms with Gasteiger partial charge in [0.2, 0.25) is 0 Å². The Kier molecular flexibility index (Phi) is 2.61. The quantitative estimate of drug-likeness (QED) is 0.693. The molecule has 1 saturated carbocycles. The summed E-state index contributed by atoms with van der Waals surface area (Å²) in [6.45, 7) is 11.0. The molecule has 1 aliphatic carbocycles. The molecule has 0 atom stereocenters. The highest BCUT2D eigenvalue weighted by Gasteiger charge is 2.44. The van der Waals surface area contributed by atoms with Gasteiger partial charge >= 0.3 is 0 Å². The molecule has 0 unspecified atom stereocenters. The zero-order chi connectivity index (χ0) is 9.31. The minimum Gasteiger partial charge on any atom is -0.315 e. The molecule has 0 aromatic rings. The van der Waals surface area contributed by atoms with Gasteiger partial charge in [0.05, 0.1) is 0 Å². The molecule has 1 heterocycles. The van der Waals surface area contributed by atoms with Crippen LogP contribution < -0.4 is 5.32 Å². The van der Waals surface area contributed by atoms with E-state index in [9.17, 15) is 0 Å². The highest BCUT2D eigenvalue weighted by atomic mass is 15.2. The molecule has 2 nitrogen and oxygen atoms in total. The predicted molar refractivity (Wildman–Crippen MR) is 55.8 cm³/mol. The van der Waals surface area contributed by atoms with Crippen molar-refractivity contribution in [2.75, 3.05) is 32.7 Å². The third kappa shape index (κ3) is 2.44. The maximum absolute atomic E-state index is 3.56. The van der Waals surface area contributed by atoms with Crippen molar-refractivity contribution in [1.82, 2.24) is 10.2 Å². The summed E-state index contributed by atoms with van der Waals surface area (Å²) in [6.07, 6.45) is 2.91. The van der Waals surface area contributed by atoms with Gasteiger partial charge in [0, 0.05) is 32.7 Å². The van der Waals surface area contributed by atoms with E-state index in [0.29, 0.717) is 5.41 Å². The van der Waals surface area contributed by atoms with Gasteiger partial charge < -0.3 is 10.2 Å². The Labute approximate surface area is 81.7 Å². The van der Waals surface area contributed by atoms with E-state index in [-0.39, 0.29) is 0 Å². The van der Waals surface area contributed by atoms with Crippen molar-refractivity contribution in [3.8, 4) is 0 Å². The second-order valence-corrected chi connectivity index (χ2v) is 5.31. The molecule has 0 bridgehead atoms. The molecular formula is C11H22N2. The van der Waals surface area contributed by atoms with Gasteiger partial charge in [0.25, 0.3) is 0 Å². The highest BCUT2D eigenvalue weighted by molar-refractivity contribution is 4.98. The minimum absolute atomic E-state index is 0.686. The van der Waals surface area contributed by atoms with Gasteiger partial charge in [-0.3, -0.25) is 0 Å². The van der Waals surface area contributed by atoms with Crippen molar-refractivity contribution in [2.45, 2.75) is 26.7 Å². The van der Waals surface area contributed by atoms with Crippen LogP contribution in [0.2, 0.25) is 0 Å². The fourth-order valence-corrected chi connectivity index (χ4v) is 2.38. The van der Waals surface area contributed by atoms with Gasteiger partial charge in [-0.05, 0) is 24.2 Å². The first-order valence-electron chi connectivity index (χ1n) is 5.63. The lowest BCUT2D eigenvalue weighted by Crippen LogP contribution is -2.33. The van der Waals surface area contributed by atoms with Crippen molar-refractivity contribution in [3.63, 3.8) is 0 Å². The Balaban J connectivity index is 1.87. The molecule has 2 aliphatic rings. The van der Waals surface area contributed by atoms with Crippen LogP contribution in [0.3, 0.4) is 0 Å². The van der Waals surface area contributed by atoms with Gasteiger partial charge in [-0.15, -0.1) is 0 Å². The molecule has 1 aliphatic heterocycles. The average Bonchev–Trinajstić information content (AvgIpc) is 2.80.